The first-order valence-corrected chi connectivity index (χ1v) is 17.9. The average Bonchev–Trinajstić information content (AvgIpc) is 3.69. The third-order valence-electron chi connectivity index (χ3n) is 10.9. The van der Waals surface area contributed by atoms with Crippen molar-refractivity contribution in [1.29, 1.82) is 0 Å². The van der Waals surface area contributed by atoms with Crippen molar-refractivity contribution in [1.82, 2.24) is 19.3 Å². The number of fused-ring (bicyclic) bond motifs is 4. The molecule has 0 aliphatic carbocycles. The van der Waals surface area contributed by atoms with Crippen LogP contribution in [-0.4, -0.2) is 125 Å². The lowest BCUT2D eigenvalue weighted by molar-refractivity contribution is -0.208. The number of likely N-dealkylation sites (N-methyl/N-ethyl adjacent to an activating group) is 2. The van der Waals surface area contributed by atoms with Gasteiger partial charge in [-0.1, -0.05) is 54.6 Å². The van der Waals surface area contributed by atoms with Crippen molar-refractivity contribution in [2.45, 2.75) is 53.5 Å². The van der Waals surface area contributed by atoms with Crippen LogP contribution in [0.15, 0.2) is 90.0 Å². The van der Waals surface area contributed by atoms with Gasteiger partial charge in [-0.2, -0.15) is 0 Å². The number of piperazine rings is 1. The first kappa shape index (κ1) is 35.9. The van der Waals surface area contributed by atoms with E-state index < -0.39 is 57.4 Å². The molecule has 3 amide bonds. The number of aliphatic hydroxyl groups is 3. The Balaban J connectivity index is 1.60. The van der Waals surface area contributed by atoms with Gasteiger partial charge < -0.3 is 39.2 Å². The van der Waals surface area contributed by atoms with Crippen LogP contribution in [0.1, 0.15) is 18.1 Å². The van der Waals surface area contributed by atoms with E-state index in [9.17, 15) is 42.9 Å². The number of sulfonamides is 1. The molecule has 0 bridgehead atoms. The first-order chi connectivity index (χ1) is 25.1. The fourth-order valence-electron chi connectivity index (χ4n) is 8.19. The molecule has 2 saturated heterocycles. The summed E-state index contributed by atoms with van der Waals surface area (Å²) in [5.74, 6) is -5.67. The standard InChI is InChI=1S/C36H37N5O11S/c1-21-29(42)38(3)28(30(43)37(21)2)19-22-20-39(26-17-11-9-15-24(22)26)34-25-16-10-12-18-27(25)41(53(49,50)23-13-7-6-8-14-23)36(34,48)40(33(46)52-5)35(47,31(34)44)32(45)51-4/h6-18,20-21,28,31,44,47-48H,19H2,1-5H3/t21-,28-,31?,34-,35-,36-/m0/s1. The fraction of sp³-hybridized carbons (Fsp3) is 0.333. The minimum absolute atomic E-state index is 0.0775. The molecule has 3 N–H and O–H groups in total. The zero-order chi connectivity index (χ0) is 38.4. The van der Waals surface area contributed by atoms with Crippen LogP contribution < -0.4 is 4.31 Å². The summed E-state index contributed by atoms with van der Waals surface area (Å²) in [6.45, 7) is 1.61. The van der Waals surface area contributed by atoms with E-state index in [0.717, 1.165) is 14.2 Å². The highest BCUT2D eigenvalue weighted by Gasteiger charge is 2.87. The van der Waals surface area contributed by atoms with Gasteiger partial charge in [-0.25, -0.2) is 27.2 Å². The SMILES string of the molecule is COC(=O)N1[C@]2(O)N(S(=O)(=O)c3ccccc3)c3ccccc3[C@]2(n2cc(C[C@H]3C(=O)N(C)[C@@H](C)C(=O)N3C)c3ccccc32)C(O)[C@]1(O)C(=O)OC. The van der Waals surface area contributed by atoms with Crippen molar-refractivity contribution in [3.8, 4) is 0 Å². The molecule has 1 aromatic heterocycles. The lowest BCUT2D eigenvalue weighted by Crippen LogP contribution is -2.71. The van der Waals surface area contributed by atoms with Gasteiger partial charge in [0.15, 0.2) is 5.54 Å². The second-order valence-electron chi connectivity index (χ2n) is 13.3. The van der Waals surface area contributed by atoms with Crippen LogP contribution in [0.3, 0.4) is 0 Å². The second-order valence-corrected chi connectivity index (χ2v) is 15.0. The number of anilines is 1. The zero-order valence-electron chi connectivity index (χ0n) is 29.3. The molecule has 16 nitrogen and oxygen atoms in total. The number of methoxy groups -OCH3 is 2. The summed E-state index contributed by atoms with van der Waals surface area (Å²) in [5.41, 5.74) is -5.83. The number of rotatable bonds is 6. The number of para-hydroxylation sites is 2. The smallest absolute Gasteiger partial charge is 0.416 e. The van der Waals surface area contributed by atoms with Crippen LogP contribution >= 0.6 is 0 Å². The predicted molar refractivity (Wildman–Crippen MR) is 186 cm³/mol. The number of aliphatic hydroxyl groups excluding tert-OH is 1. The molecule has 3 aromatic carbocycles. The van der Waals surface area contributed by atoms with Gasteiger partial charge in [-0.05, 0) is 36.8 Å². The van der Waals surface area contributed by atoms with E-state index in [1.165, 1.54) is 83.2 Å². The molecular formula is C36H37N5O11S. The summed E-state index contributed by atoms with van der Waals surface area (Å²) in [6, 6.07) is 17.6. The summed E-state index contributed by atoms with van der Waals surface area (Å²) >= 11 is 0. The summed E-state index contributed by atoms with van der Waals surface area (Å²) in [4.78, 5) is 56.8. The highest BCUT2D eigenvalue weighted by atomic mass is 32.2. The quantitative estimate of drug-likeness (QED) is 0.236. The highest BCUT2D eigenvalue weighted by molar-refractivity contribution is 7.93. The van der Waals surface area contributed by atoms with E-state index in [1.54, 1.807) is 37.3 Å². The third-order valence-corrected chi connectivity index (χ3v) is 12.7. The van der Waals surface area contributed by atoms with Gasteiger partial charge in [0, 0.05) is 43.2 Å². The minimum atomic E-state index is -4.94. The number of hydrogen-bond donors (Lipinski definition) is 3. The van der Waals surface area contributed by atoms with Crippen molar-refractivity contribution in [2.75, 3.05) is 32.6 Å². The van der Waals surface area contributed by atoms with Crippen LogP contribution in [-0.2, 0) is 45.8 Å². The molecule has 0 radical (unpaired) electrons. The zero-order valence-corrected chi connectivity index (χ0v) is 30.1. The topological polar surface area (TPSA) is 199 Å². The fourth-order valence-corrected chi connectivity index (χ4v) is 9.88. The Kier molecular flexibility index (Phi) is 8.14. The molecule has 4 heterocycles. The Morgan fingerprint density at radius 2 is 1.47 bits per heavy atom. The number of amides is 3. The van der Waals surface area contributed by atoms with E-state index in [-0.39, 0.29) is 44.8 Å². The summed E-state index contributed by atoms with van der Waals surface area (Å²) < 4.78 is 41.3. The Morgan fingerprint density at radius 1 is 0.849 bits per heavy atom. The number of likely N-dealkylation sites (tertiary alicyclic amines) is 1. The Labute approximate surface area is 304 Å². The normalized spacial score (nSPS) is 28.3. The van der Waals surface area contributed by atoms with Crippen LogP contribution in [0.25, 0.3) is 10.9 Å². The molecule has 53 heavy (non-hydrogen) atoms. The predicted octanol–water partition coefficient (Wildman–Crippen LogP) is 0.774. The molecule has 3 aliphatic heterocycles. The number of benzene rings is 3. The average molecular weight is 748 g/mol. The largest absolute Gasteiger partial charge is 0.465 e. The van der Waals surface area contributed by atoms with E-state index in [1.807, 2.05) is 0 Å². The van der Waals surface area contributed by atoms with Gasteiger partial charge in [0.25, 0.3) is 21.6 Å². The van der Waals surface area contributed by atoms with E-state index in [2.05, 4.69) is 0 Å². The van der Waals surface area contributed by atoms with Crippen LogP contribution in [0, 0.1) is 0 Å². The molecule has 7 rings (SSSR count). The number of nitrogens with zero attached hydrogens (tertiary/aromatic N) is 5. The summed E-state index contributed by atoms with van der Waals surface area (Å²) in [6.07, 6.45) is -2.80. The van der Waals surface area contributed by atoms with Crippen molar-refractivity contribution < 1.29 is 52.4 Å². The molecule has 6 atom stereocenters. The van der Waals surface area contributed by atoms with Crippen molar-refractivity contribution in [3.05, 3.63) is 96.2 Å². The van der Waals surface area contributed by atoms with Crippen molar-refractivity contribution in [2.24, 2.45) is 0 Å². The number of esters is 1. The monoisotopic (exact) mass is 747 g/mol. The Hall–Kier alpha value is -5.49. The Morgan fingerprint density at radius 3 is 2.13 bits per heavy atom. The van der Waals surface area contributed by atoms with Crippen LogP contribution in [0.5, 0.6) is 0 Å². The van der Waals surface area contributed by atoms with Gasteiger partial charge in [-0.15, -0.1) is 0 Å². The number of ether oxygens (including phenoxy) is 2. The second kappa shape index (κ2) is 12.0. The molecular weight excluding hydrogens is 710 g/mol. The van der Waals surface area contributed by atoms with E-state index >= 15 is 0 Å². The van der Waals surface area contributed by atoms with Gasteiger partial charge in [0.05, 0.1) is 24.8 Å². The highest BCUT2D eigenvalue weighted by Crippen LogP contribution is 2.64. The van der Waals surface area contributed by atoms with Gasteiger partial charge in [-0.3, -0.25) is 9.59 Å². The summed E-state index contributed by atoms with van der Waals surface area (Å²) in [7, 11) is -0.151. The minimum Gasteiger partial charge on any atom is -0.465 e. The molecule has 1 unspecified atom stereocenters. The number of carbonyl (C=O) groups is 4. The van der Waals surface area contributed by atoms with Crippen molar-refractivity contribution >= 4 is 50.5 Å². The molecule has 3 aliphatic rings. The maximum atomic E-state index is 14.8. The van der Waals surface area contributed by atoms with Gasteiger partial charge in [0.1, 0.15) is 18.2 Å². The summed E-state index contributed by atoms with van der Waals surface area (Å²) in [5, 5.41) is 39.0. The van der Waals surface area contributed by atoms with Crippen LogP contribution in [0.2, 0.25) is 0 Å². The molecule has 0 spiro atoms. The maximum absolute atomic E-state index is 14.8. The molecule has 2 fully saturated rings. The maximum Gasteiger partial charge on any atom is 0.416 e. The number of aromatic nitrogens is 1. The molecule has 17 heteroatoms. The van der Waals surface area contributed by atoms with Crippen LogP contribution in [0.4, 0.5) is 10.5 Å². The Bertz CT molecular complexity index is 2300. The third kappa shape index (κ3) is 4.35. The van der Waals surface area contributed by atoms with Crippen molar-refractivity contribution in [3.63, 3.8) is 0 Å². The molecule has 0 saturated carbocycles. The van der Waals surface area contributed by atoms with E-state index in [4.69, 9.17) is 9.47 Å². The first-order valence-electron chi connectivity index (χ1n) is 16.5. The van der Waals surface area contributed by atoms with Gasteiger partial charge >= 0.3 is 12.1 Å². The molecule has 278 valence electrons. The van der Waals surface area contributed by atoms with Gasteiger partial charge in [0.2, 0.25) is 11.8 Å². The molecule has 4 aromatic rings. The van der Waals surface area contributed by atoms with E-state index in [0.29, 0.717) is 15.3 Å². The lowest BCUT2D eigenvalue weighted by atomic mass is 9.81. The lowest BCUT2D eigenvalue weighted by Gasteiger charge is -2.45. The number of carbonyl (C=O) groups excluding carboxylic acids is 4. The number of hydrogen-bond acceptors (Lipinski definition) is 11.